The molecule has 0 spiro atoms. The molecular weight excluding hydrogens is 290 g/mol. The molecule has 1 aromatic heterocycles. The van der Waals surface area contributed by atoms with E-state index < -0.39 is 17.7 Å². The average molecular weight is 311 g/mol. The number of ketones is 1. The molecule has 2 heterocycles. The monoisotopic (exact) mass is 311 g/mol. The summed E-state index contributed by atoms with van der Waals surface area (Å²) < 4.78 is 10.8. The first kappa shape index (κ1) is 16.0. The zero-order chi connectivity index (χ0) is 15.6. The molecular formula is C15H21NO4S. The highest BCUT2D eigenvalue weighted by Gasteiger charge is 2.36. The Hall–Kier alpha value is -1.40. The molecule has 0 N–H and O–H groups in total. The van der Waals surface area contributed by atoms with Crippen LogP contribution >= 0.6 is 11.3 Å². The molecule has 5 nitrogen and oxygen atoms in total. The second kappa shape index (κ2) is 6.15. The van der Waals surface area contributed by atoms with Crippen LogP contribution in [0.2, 0.25) is 0 Å². The van der Waals surface area contributed by atoms with Gasteiger partial charge in [0.15, 0.2) is 5.78 Å². The summed E-state index contributed by atoms with van der Waals surface area (Å²) in [6.07, 6.45) is -0.462. The lowest BCUT2D eigenvalue weighted by Crippen LogP contribution is -2.53. The maximum atomic E-state index is 12.6. The number of carbonyl (C=O) groups is 2. The highest BCUT2D eigenvalue weighted by Crippen LogP contribution is 2.20. The van der Waals surface area contributed by atoms with Crippen LogP contribution < -0.4 is 0 Å². The van der Waals surface area contributed by atoms with E-state index in [1.807, 2.05) is 39.1 Å². The Labute approximate surface area is 128 Å². The Balaban J connectivity index is 2.15. The minimum absolute atomic E-state index is 0.0927. The lowest BCUT2D eigenvalue weighted by Gasteiger charge is -2.35. The van der Waals surface area contributed by atoms with Gasteiger partial charge in [-0.2, -0.15) is 0 Å². The zero-order valence-corrected chi connectivity index (χ0v) is 13.7. The van der Waals surface area contributed by atoms with Gasteiger partial charge in [0.1, 0.15) is 11.6 Å². The fraction of sp³-hybridized carbons (Fsp3) is 0.600. The Morgan fingerprint density at radius 2 is 2.14 bits per heavy atom. The Morgan fingerprint density at radius 3 is 2.71 bits per heavy atom. The normalized spacial score (nSPS) is 19.4. The topological polar surface area (TPSA) is 55.8 Å². The van der Waals surface area contributed by atoms with Gasteiger partial charge in [-0.05, 0) is 33.8 Å². The smallest absolute Gasteiger partial charge is 0.411 e. The molecule has 0 aromatic carbocycles. The highest BCUT2D eigenvalue weighted by atomic mass is 32.1. The minimum Gasteiger partial charge on any atom is -0.444 e. The highest BCUT2D eigenvalue weighted by molar-refractivity contribution is 7.10. The van der Waals surface area contributed by atoms with Crippen molar-refractivity contribution in [3.8, 4) is 0 Å². The summed E-state index contributed by atoms with van der Waals surface area (Å²) in [4.78, 5) is 27.4. The standard InChI is InChI=1S/C15H21NO4S/c1-10-7-11(9-21-10)13(17)12-8-19-6-5-16(12)14(18)20-15(2,3)4/h7,9,12H,5-6,8H2,1-4H3. The summed E-state index contributed by atoms with van der Waals surface area (Å²) in [6, 6.07) is 1.23. The van der Waals surface area contributed by atoms with E-state index in [2.05, 4.69) is 0 Å². The lowest BCUT2D eigenvalue weighted by atomic mass is 10.1. The number of rotatable bonds is 2. The van der Waals surface area contributed by atoms with Crippen molar-refractivity contribution < 1.29 is 19.1 Å². The van der Waals surface area contributed by atoms with Crippen molar-refractivity contribution in [1.82, 2.24) is 4.90 Å². The van der Waals surface area contributed by atoms with E-state index in [1.54, 1.807) is 0 Å². The molecule has 1 saturated heterocycles. The van der Waals surface area contributed by atoms with Crippen molar-refractivity contribution in [2.24, 2.45) is 0 Å². The summed E-state index contributed by atoms with van der Waals surface area (Å²) in [7, 11) is 0. The van der Waals surface area contributed by atoms with Crippen LogP contribution in [0.3, 0.4) is 0 Å². The number of amides is 1. The summed E-state index contributed by atoms with van der Waals surface area (Å²) >= 11 is 1.52. The maximum absolute atomic E-state index is 12.6. The van der Waals surface area contributed by atoms with E-state index in [0.717, 1.165) is 4.88 Å². The van der Waals surface area contributed by atoms with E-state index in [9.17, 15) is 9.59 Å². The Morgan fingerprint density at radius 1 is 1.43 bits per heavy atom. The Kier molecular flexibility index (Phi) is 4.68. The number of Topliss-reactive ketones (excluding diaryl/α,β-unsaturated/α-hetero) is 1. The van der Waals surface area contributed by atoms with Gasteiger partial charge in [0.2, 0.25) is 0 Å². The van der Waals surface area contributed by atoms with Gasteiger partial charge < -0.3 is 9.47 Å². The predicted octanol–water partition coefficient (Wildman–Crippen LogP) is 2.88. The SMILES string of the molecule is Cc1cc(C(=O)C2COCCN2C(=O)OC(C)(C)C)cs1. The molecule has 116 valence electrons. The molecule has 0 radical (unpaired) electrons. The zero-order valence-electron chi connectivity index (χ0n) is 12.8. The summed E-state index contributed by atoms with van der Waals surface area (Å²) in [5.74, 6) is -0.0927. The number of ether oxygens (including phenoxy) is 2. The van der Waals surface area contributed by atoms with Crippen LogP contribution in [-0.2, 0) is 9.47 Å². The van der Waals surface area contributed by atoms with Gasteiger partial charge in [0, 0.05) is 22.4 Å². The van der Waals surface area contributed by atoms with Gasteiger partial charge in [-0.3, -0.25) is 9.69 Å². The van der Waals surface area contributed by atoms with Crippen LogP contribution in [0.1, 0.15) is 36.0 Å². The van der Waals surface area contributed by atoms with Crippen LogP contribution in [0.5, 0.6) is 0 Å². The number of thiophene rings is 1. The van der Waals surface area contributed by atoms with Gasteiger partial charge in [-0.15, -0.1) is 11.3 Å². The first-order valence-corrected chi connectivity index (χ1v) is 7.82. The predicted molar refractivity (Wildman–Crippen MR) is 80.9 cm³/mol. The number of aryl methyl sites for hydroxylation is 1. The molecule has 1 unspecified atom stereocenters. The number of nitrogens with zero attached hydrogens (tertiary/aromatic N) is 1. The van der Waals surface area contributed by atoms with Crippen molar-refractivity contribution >= 4 is 23.2 Å². The summed E-state index contributed by atoms with van der Waals surface area (Å²) in [6.45, 7) is 8.39. The maximum Gasteiger partial charge on any atom is 0.411 e. The van der Waals surface area contributed by atoms with Crippen molar-refractivity contribution in [2.75, 3.05) is 19.8 Å². The van der Waals surface area contributed by atoms with Gasteiger partial charge in [-0.1, -0.05) is 0 Å². The Bertz CT molecular complexity index is 532. The third-order valence-electron chi connectivity index (χ3n) is 3.07. The summed E-state index contributed by atoms with van der Waals surface area (Å²) in [5.41, 5.74) is 0.0450. The molecule has 1 atom stereocenters. The molecule has 2 rings (SSSR count). The molecule has 21 heavy (non-hydrogen) atoms. The van der Waals surface area contributed by atoms with E-state index in [4.69, 9.17) is 9.47 Å². The van der Waals surface area contributed by atoms with Gasteiger partial charge >= 0.3 is 6.09 Å². The number of hydrogen-bond acceptors (Lipinski definition) is 5. The van der Waals surface area contributed by atoms with Crippen LogP contribution in [0.25, 0.3) is 0 Å². The van der Waals surface area contributed by atoms with Crippen molar-refractivity contribution in [1.29, 1.82) is 0 Å². The third-order valence-corrected chi connectivity index (χ3v) is 3.94. The molecule has 1 fully saturated rings. The van der Waals surface area contributed by atoms with Crippen LogP contribution in [0.4, 0.5) is 4.79 Å². The molecule has 0 aliphatic carbocycles. The third kappa shape index (κ3) is 4.04. The fourth-order valence-corrected chi connectivity index (χ4v) is 2.82. The van der Waals surface area contributed by atoms with Gasteiger partial charge in [-0.25, -0.2) is 4.79 Å². The summed E-state index contributed by atoms with van der Waals surface area (Å²) in [5, 5.41) is 1.82. The first-order chi connectivity index (χ1) is 9.78. The van der Waals surface area contributed by atoms with Crippen molar-refractivity contribution in [3.05, 3.63) is 21.9 Å². The second-order valence-electron chi connectivity index (χ2n) is 6.07. The molecule has 0 bridgehead atoms. The largest absolute Gasteiger partial charge is 0.444 e. The van der Waals surface area contributed by atoms with Gasteiger partial charge in [0.25, 0.3) is 0 Å². The van der Waals surface area contributed by atoms with Crippen LogP contribution in [0.15, 0.2) is 11.4 Å². The molecule has 1 aliphatic rings. The molecule has 1 aromatic rings. The number of morpholine rings is 1. The van der Waals surface area contributed by atoms with Crippen molar-refractivity contribution in [3.63, 3.8) is 0 Å². The second-order valence-corrected chi connectivity index (χ2v) is 7.19. The van der Waals surface area contributed by atoms with Crippen LogP contribution in [-0.4, -0.2) is 48.2 Å². The number of hydrogen-bond donors (Lipinski definition) is 0. The lowest BCUT2D eigenvalue weighted by molar-refractivity contribution is -0.0265. The first-order valence-electron chi connectivity index (χ1n) is 6.94. The fourth-order valence-electron chi connectivity index (χ4n) is 2.13. The van der Waals surface area contributed by atoms with E-state index in [1.165, 1.54) is 16.2 Å². The average Bonchev–Trinajstić information content (AvgIpc) is 2.82. The van der Waals surface area contributed by atoms with E-state index >= 15 is 0 Å². The van der Waals surface area contributed by atoms with Crippen LogP contribution in [0, 0.1) is 6.92 Å². The quantitative estimate of drug-likeness (QED) is 0.788. The van der Waals surface area contributed by atoms with E-state index in [0.29, 0.717) is 18.7 Å². The molecule has 6 heteroatoms. The molecule has 0 saturated carbocycles. The van der Waals surface area contributed by atoms with Gasteiger partial charge in [0.05, 0.1) is 13.2 Å². The molecule has 1 aliphatic heterocycles. The number of carbonyl (C=O) groups excluding carboxylic acids is 2. The van der Waals surface area contributed by atoms with E-state index in [-0.39, 0.29) is 12.4 Å². The van der Waals surface area contributed by atoms with Crippen molar-refractivity contribution in [2.45, 2.75) is 39.3 Å². The molecule has 1 amide bonds. The minimum atomic E-state index is -0.609.